The lowest BCUT2D eigenvalue weighted by Gasteiger charge is -2.06. The van der Waals surface area contributed by atoms with Gasteiger partial charge in [0, 0.05) is 24.0 Å². The van der Waals surface area contributed by atoms with E-state index >= 15 is 0 Å². The summed E-state index contributed by atoms with van der Waals surface area (Å²) in [5, 5.41) is 3.89. The van der Waals surface area contributed by atoms with E-state index in [9.17, 15) is 0 Å². The number of rotatable bonds is 1. The van der Waals surface area contributed by atoms with Gasteiger partial charge >= 0.3 is 0 Å². The average Bonchev–Trinajstić information content (AvgIpc) is 2.53. The molecule has 1 aromatic rings. The lowest BCUT2D eigenvalue weighted by molar-refractivity contribution is 0.726. The van der Waals surface area contributed by atoms with Gasteiger partial charge in [-0.05, 0) is 13.0 Å². The van der Waals surface area contributed by atoms with Crippen LogP contribution >= 0.6 is 11.6 Å². The summed E-state index contributed by atoms with van der Waals surface area (Å²) < 4.78 is 0. The quantitative estimate of drug-likeness (QED) is 0.737. The van der Waals surface area contributed by atoms with Gasteiger partial charge in [-0.2, -0.15) is 0 Å². The topological polar surface area (TPSA) is 37.3 Å². The Kier molecular flexibility index (Phi) is 2.19. The number of nitrogens with zero attached hydrogens (tertiary/aromatic N) is 2. The Bertz CT molecular complexity index is 348. The maximum absolute atomic E-state index is 5.97. The summed E-state index contributed by atoms with van der Waals surface area (Å²) in [7, 11) is 0. The molecular formula is C9H10ClN3. The fourth-order valence-corrected chi connectivity index (χ4v) is 1.49. The molecule has 0 saturated heterocycles. The third kappa shape index (κ3) is 1.65. The van der Waals surface area contributed by atoms with Crippen molar-refractivity contribution in [2.24, 2.45) is 4.99 Å². The molecule has 0 radical (unpaired) electrons. The van der Waals surface area contributed by atoms with Crippen LogP contribution in [0, 0.1) is 0 Å². The number of pyridine rings is 1. The standard InChI is InChI=1S/C9H10ClN3/c1-6-4-12-9(13-6)7-2-3-11-5-8(7)10/h2-3,5-6H,4H2,1H3,(H,12,13). The van der Waals surface area contributed by atoms with Gasteiger partial charge in [0.25, 0.3) is 0 Å². The van der Waals surface area contributed by atoms with E-state index in [0.717, 1.165) is 17.9 Å². The molecule has 0 aliphatic carbocycles. The van der Waals surface area contributed by atoms with Crippen LogP contribution in [0.2, 0.25) is 5.02 Å². The Morgan fingerprint density at radius 3 is 3.08 bits per heavy atom. The summed E-state index contributed by atoms with van der Waals surface area (Å²) in [6, 6.07) is 2.27. The lowest BCUT2D eigenvalue weighted by atomic mass is 10.2. The first-order chi connectivity index (χ1) is 6.27. The van der Waals surface area contributed by atoms with Crippen molar-refractivity contribution >= 4 is 17.4 Å². The van der Waals surface area contributed by atoms with Crippen LogP contribution in [-0.4, -0.2) is 23.4 Å². The van der Waals surface area contributed by atoms with Gasteiger partial charge in [-0.1, -0.05) is 11.6 Å². The number of hydrogen-bond donors (Lipinski definition) is 1. The van der Waals surface area contributed by atoms with Crippen LogP contribution in [0.3, 0.4) is 0 Å². The average molecular weight is 196 g/mol. The molecule has 1 atom stereocenters. The fourth-order valence-electron chi connectivity index (χ4n) is 1.28. The molecule has 0 amide bonds. The molecule has 2 heterocycles. The van der Waals surface area contributed by atoms with Gasteiger partial charge in [0.2, 0.25) is 0 Å². The summed E-state index contributed by atoms with van der Waals surface area (Å²) in [5.41, 5.74) is 0.931. The SMILES string of the molecule is CC1CN=C(c2ccncc2Cl)N1. The van der Waals surface area contributed by atoms with Crippen LogP contribution in [0.15, 0.2) is 23.5 Å². The van der Waals surface area contributed by atoms with Crippen LogP contribution in [0.25, 0.3) is 0 Å². The Labute approximate surface area is 81.9 Å². The van der Waals surface area contributed by atoms with E-state index in [1.807, 2.05) is 6.07 Å². The highest BCUT2D eigenvalue weighted by atomic mass is 35.5. The number of halogens is 1. The monoisotopic (exact) mass is 195 g/mol. The zero-order valence-corrected chi connectivity index (χ0v) is 8.04. The summed E-state index contributed by atoms with van der Waals surface area (Å²) in [4.78, 5) is 8.26. The van der Waals surface area contributed by atoms with Crippen molar-refractivity contribution < 1.29 is 0 Å². The molecular weight excluding hydrogens is 186 g/mol. The largest absolute Gasteiger partial charge is 0.366 e. The molecule has 1 aliphatic rings. The van der Waals surface area contributed by atoms with Crippen molar-refractivity contribution in [3.63, 3.8) is 0 Å². The van der Waals surface area contributed by atoms with Gasteiger partial charge in [0.1, 0.15) is 5.84 Å². The molecule has 2 rings (SSSR count). The number of aromatic nitrogens is 1. The van der Waals surface area contributed by atoms with Crippen LogP contribution in [-0.2, 0) is 0 Å². The summed E-state index contributed by atoms with van der Waals surface area (Å²) in [6.07, 6.45) is 3.35. The minimum atomic E-state index is 0.402. The lowest BCUT2D eigenvalue weighted by Crippen LogP contribution is -2.27. The molecule has 1 N–H and O–H groups in total. The Balaban J connectivity index is 2.31. The van der Waals surface area contributed by atoms with Crippen molar-refractivity contribution in [3.8, 4) is 0 Å². The summed E-state index contributed by atoms with van der Waals surface area (Å²) >= 11 is 5.97. The molecule has 0 spiro atoms. The molecule has 1 aliphatic heterocycles. The summed E-state index contributed by atoms with van der Waals surface area (Å²) in [5.74, 6) is 0.875. The normalized spacial score (nSPS) is 21.1. The minimum Gasteiger partial charge on any atom is -0.366 e. The Hall–Kier alpha value is -1.09. The second-order valence-corrected chi connectivity index (χ2v) is 3.50. The van der Waals surface area contributed by atoms with Gasteiger partial charge in [-0.25, -0.2) is 0 Å². The molecule has 4 heteroatoms. The van der Waals surface area contributed by atoms with Gasteiger partial charge < -0.3 is 5.32 Å². The van der Waals surface area contributed by atoms with E-state index in [4.69, 9.17) is 11.6 Å². The second kappa shape index (κ2) is 3.34. The smallest absolute Gasteiger partial charge is 0.130 e. The molecule has 0 aromatic carbocycles. The fraction of sp³-hybridized carbons (Fsp3) is 0.333. The van der Waals surface area contributed by atoms with Gasteiger partial charge in [-0.3, -0.25) is 9.98 Å². The first kappa shape index (κ1) is 8.51. The highest BCUT2D eigenvalue weighted by molar-refractivity contribution is 6.34. The van der Waals surface area contributed by atoms with Crippen molar-refractivity contribution in [1.82, 2.24) is 10.3 Å². The van der Waals surface area contributed by atoms with Crippen LogP contribution in [0.4, 0.5) is 0 Å². The first-order valence-electron chi connectivity index (χ1n) is 4.18. The molecule has 1 aromatic heterocycles. The third-order valence-electron chi connectivity index (χ3n) is 1.93. The number of aliphatic imine (C=N–C) groups is 1. The Morgan fingerprint density at radius 1 is 1.62 bits per heavy atom. The highest BCUT2D eigenvalue weighted by Crippen LogP contribution is 2.15. The van der Waals surface area contributed by atoms with Crippen LogP contribution in [0.5, 0.6) is 0 Å². The van der Waals surface area contributed by atoms with Crippen LogP contribution in [0.1, 0.15) is 12.5 Å². The maximum atomic E-state index is 5.97. The predicted octanol–water partition coefficient (Wildman–Crippen LogP) is 1.47. The molecule has 0 saturated carbocycles. The summed E-state index contributed by atoms with van der Waals surface area (Å²) in [6.45, 7) is 2.90. The van der Waals surface area contributed by atoms with E-state index in [1.165, 1.54) is 0 Å². The molecule has 1 unspecified atom stereocenters. The van der Waals surface area contributed by atoms with E-state index in [0.29, 0.717) is 11.1 Å². The number of hydrogen-bond acceptors (Lipinski definition) is 3. The maximum Gasteiger partial charge on any atom is 0.130 e. The van der Waals surface area contributed by atoms with Crippen molar-refractivity contribution in [3.05, 3.63) is 29.0 Å². The Morgan fingerprint density at radius 2 is 2.46 bits per heavy atom. The van der Waals surface area contributed by atoms with Crippen molar-refractivity contribution in [2.45, 2.75) is 13.0 Å². The number of nitrogens with one attached hydrogen (secondary N) is 1. The van der Waals surface area contributed by atoms with Crippen molar-refractivity contribution in [1.29, 1.82) is 0 Å². The van der Waals surface area contributed by atoms with E-state index < -0.39 is 0 Å². The van der Waals surface area contributed by atoms with Gasteiger partial charge in [0.15, 0.2) is 0 Å². The molecule has 13 heavy (non-hydrogen) atoms. The third-order valence-corrected chi connectivity index (χ3v) is 2.24. The second-order valence-electron chi connectivity index (χ2n) is 3.09. The van der Waals surface area contributed by atoms with Gasteiger partial charge in [-0.15, -0.1) is 0 Å². The first-order valence-corrected chi connectivity index (χ1v) is 4.56. The van der Waals surface area contributed by atoms with E-state index in [-0.39, 0.29) is 0 Å². The number of amidine groups is 1. The zero-order chi connectivity index (χ0) is 9.26. The zero-order valence-electron chi connectivity index (χ0n) is 7.29. The molecule has 68 valence electrons. The minimum absolute atomic E-state index is 0.402. The van der Waals surface area contributed by atoms with E-state index in [2.05, 4.69) is 22.2 Å². The highest BCUT2D eigenvalue weighted by Gasteiger charge is 2.15. The molecule has 0 fully saturated rings. The van der Waals surface area contributed by atoms with Gasteiger partial charge in [0.05, 0.1) is 11.6 Å². The predicted molar refractivity (Wildman–Crippen MR) is 53.2 cm³/mol. The van der Waals surface area contributed by atoms with Crippen molar-refractivity contribution in [2.75, 3.05) is 6.54 Å². The molecule has 3 nitrogen and oxygen atoms in total. The van der Waals surface area contributed by atoms with E-state index in [1.54, 1.807) is 12.4 Å². The molecule has 0 bridgehead atoms. The van der Waals surface area contributed by atoms with Crippen LogP contribution < -0.4 is 5.32 Å².